The van der Waals surface area contributed by atoms with Gasteiger partial charge in [-0.1, -0.05) is 36.4 Å². The van der Waals surface area contributed by atoms with Crippen molar-refractivity contribution in [1.82, 2.24) is 4.90 Å². The average molecular weight is 294 g/mol. The maximum Gasteiger partial charge on any atom is 0.254 e. The smallest absolute Gasteiger partial charge is 0.254 e. The van der Waals surface area contributed by atoms with E-state index < -0.39 is 0 Å². The third-order valence-corrected chi connectivity index (χ3v) is 4.44. The molecule has 1 amide bonds. The molecule has 2 aromatic carbocycles. The quantitative estimate of drug-likeness (QED) is 0.882. The van der Waals surface area contributed by atoms with Crippen molar-refractivity contribution in [3.8, 4) is 0 Å². The number of anilines is 1. The van der Waals surface area contributed by atoms with Gasteiger partial charge < -0.3 is 10.6 Å². The van der Waals surface area contributed by atoms with Crippen molar-refractivity contribution in [2.75, 3.05) is 12.3 Å². The molecule has 0 aliphatic carbocycles. The van der Waals surface area contributed by atoms with Crippen LogP contribution in [0, 0.1) is 6.92 Å². The van der Waals surface area contributed by atoms with E-state index >= 15 is 0 Å². The minimum atomic E-state index is 0.114. The molecule has 22 heavy (non-hydrogen) atoms. The number of rotatable bonds is 3. The van der Waals surface area contributed by atoms with Gasteiger partial charge in [-0.2, -0.15) is 0 Å². The molecule has 2 aromatic rings. The lowest BCUT2D eigenvalue weighted by atomic mass is 10.0. The first-order valence-electron chi connectivity index (χ1n) is 7.86. The lowest BCUT2D eigenvalue weighted by Gasteiger charge is -2.25. The SMILES string of the molecule is Cc1ccc(N)cc1C(=O)N1CCCC1Cc1ccccc1. The highest BCUT2D eigenvalue weighted by atomic mass is 16.2. The number of hydrogen-bond acceptors (Lipinski definition) is 2. The molecule has 0 spiro atoms. The number of hydrogen-bond donors (Lipinski definition) is 1. The number of carbonyl (C=O) groups excluding carboxylic acids is 1. The second kappa shape index (κ2) is 6.22. The molecule has 1 unspecified atom stereocenters. The summed E-state index contributed by atoms with van der Waals surface area (Å²) in [6.07, 6.45) is 3.07. The fourth-order valence-electron chi connectivity index (χ4n) is 3.23. The van der Waals surface area contributed by atoms with E-state index in [0.717, 1.165) is 36.9 Å². The maximum absolute atomic E-state index is 12.9. The van der Waals surface area contributed by atoms with Gasteiger partial charge in [0.05, 0.1) is 0 Å². The number of amides is 1. The molecule has 0 bridgehead atoms. The molecule has 1 atom stereocenters. The van der Waals surface area contributed by atoms with Crippen LogP contribution in [-0.4, -0.2) is 23.4 Å². The second-order valence-corrected chi connectivity index (χ2v) is 6.06. The van der Waals surface area contributed by atoms with Crippen molar-refractivity contribution < 1.29 is 4.79 Å². The largest absolute Gasteiger partial charge is 0.399 e. The highest BCUT2D eigenvalue weighted by molar-refractivity contribution is 5.96. The van der Waals surface area contributed by atoms with Gasteiger partial charge in [0.1, 0.15) is 0 Å². The number of benzene rings is 2. The fourth-order valence-corrected chi connectivity index (χ4v) is 3.23. The zero-order valence-corrected chi connectivity index (χ0v) is 13.0. The minimum absolute atomic E-state index is 0.114. The van der Waals surface area contributed by atoms with E-state index in [2.05, 4.69) is 24.3 Å². The van der Waals surface area contributed by atoms with E-state index in [4.69, 9.17) is 5.73 Å². The summed E-state index contributed by atoms with van der Waals surface area (Å²) in [5, 5.41) is 0. The molecule has 1 aliphatic heterocycles. The zero-order chi connectivity index (χ0) is 15.5. The predicted molar refractivity (Wildman–Crippen MR) is 89.8 cm³/mol. The van der Waals surface area contributed by atoms with E-state index in [9.17, 15) is 4.79 Å². The molecule has 1 heterocycles. The Balaban J connectivity index is 1.80. The molecule has 3 rings (SSSR count). The van der Waals surface area contributed by atoms with Gasteiger partial charge in [-0.3, -0.25) is 4.79 Å². The van der Waals surface area contributed by atoms with E-state index in [1.807, 2.05) is 30.0 Å². The summed E-state index contributed by atoms with van der Waals surface area (Å²) in [4.78, 5) is 14.9. The monoisotopic (exact) mass is 294 g/mol. The average Bonchev–Trinajstić information content (AvgIpc) is 2.98. The van der Waals surface area contributed by atoms with E-state index in [1.165, 1.54) is 5.56 Å². The standard InChI is InChI=1S/C19H22N2O/c1-14-9-10-16(20)13-18(14)19(22)21-11-5-8-17(21)12-15-6-3-2-4-7-15/h2-4,6-7,9-10,13,17H,5,8,11-12,20H2,1H3. The number of nitrogen functional groups attached to an aromatic ring is 1. The molecular formula is C19H22N2O. The van der Waals surface area contributed by atoms with E-state index in [1.54, 1.807) is 6.07 Å². The second-order valence-electron chi connectivity index (χ2n) is 6.06. The maximum atomic E-state index is 12.9. The molecule has 3 heteroatoms. The predicted octanol–water partition coefficient (Wildman–Crippen LogP) is 3.42. The topological polar surface area (TPSA) is 46.3 Å². The Labute approximate surface area is 131 Å². The van der Waals surface area contributed by atoms with Gasteiger partial charge in [0, 0.05) is 23.8 Å². The van der Waals surface area contributed by atoms with E-state index in [-0.39, 0.29) is 11.9 Å². The van der Waals surface area contributed by atoms with Gasteiger partial charge in [0.2, 0.25) is 0 Å². The van der Waals surface area contributed by atoms with Crippen LogP contribution >= 0.6 is 0 Å². The summed E-state index contributed by atoms with van der Waals surface area (Å²) in [5.74, 6) is 0.114. The highest BCUT2D eigenvalue weighted by Gasteiger charge is 2.30. The van der Waals surface area contributed by atoms with Gasteiger partial charge in [-0.05, 0) is 49.4 Å². The molecule has 2 N–H and O–H groups in total. The Morgan fingerprint density at radius 3 is 2.77 bits per heavy atom. The molecule has 114 valence electrons. The summed E-state index contributed by atoms with van der Waals surface area (Å²) in [6.45, 7) is 2.81. The van der Waals surface area contributed by atoms with Crippen molar-refractivity contribution in [3.63, 3.8) is 0 Å². The van der Waals surface area contributed by atoms with Crippen molar-refractivity contribution in [2.24, 2.45) is 0 Å². The van der Waals surface area contributed by atoms with Gasteiger partial charge in [-0.25, -0.2) is 0 Å². The van der Waals surface area contributed by atoms with Gasteiger partial charge in [0.15, 0.2) is 0 Å². The number of likely N-dealkylation sites (tertiary alicyclic amines) is 1. The zero-order valence-electron chi connectivity index (χ0n) is 13.0. The molecule has 1 fully saturated rings. The Kier molecular flexibility index (Phi) is 4.14. The first kappa shape index (κ1) is 14.6. The van der Waals surface area contributed by atoms with Crippen LogP contribution in [0.4, 0.5) is 5.69 Å². The van der Waals surface area contributed by atoms with Crippen LogP contribution in [0.15, 0.2) is 48.5 Å². The first-order chi connectivity index (χ1) is 10.6. The van der Waals surface area contributed by atoms with Crippen molar-refractivity contribution in [1.29, 1.82) is 0 Å². The van der Waals surface area contributed by atoms with Crippen LogP contribution in [0.1, 0.15) is 34.3 Å². The van der Waals surface area contributed by atoms with Crippen LogP contribution in [0.25, 0.3) is 0 Å². The first-order valence-corrected chi connectivity index (χ1v) is 7.86. The Hall–Kier alpha value is -2.29. The highest BCUT2D eigenvalue weighted by Crippen LogP contribution is 2.25. The number of aryl methyl sites for hydroxylation is 1. The van der Waals surface area contributed by atoms with Crippen molar-refractivity contribution >= 4 is 11.6 Å². The third kappa shape index (κ3) is 2.98. The van der Waals surface area contributed by atoms with Crippen LogP contribution in [-0.2, 0) is 6.42 Å². The Morgan fingerprint density at radius 1 is 1.23 bits per heavy atom. The lowest BCUT2D eigenvalue weighted by Crippen LogP contribution is -2.37. The molecule has 0 aromatic heterocycles. The number of nitrogens with zero attached hydrogens (tertiary/aromatic N) is 1. The molecule has 0 radical (unpaired) electrons. The molecular weight excluding hydrogens is 272 g/mol. The normalized spacial score (nSPS) is 17.7. The van der Waals surface area contributed by atoms with Gasteiger partial charge >= 0.3 is 0 Å². The van der Waals surface area contributed by atoms with Crippen molar-refractivity contribution in [2.45, 2.75) is 32.2 Å². The van der Waals surface area contributed by atoms with Gasteiger partial charge in [0.25, 0.3) is 5.91 Å². The van der Waals surface area contributed by atoms with Crippen LogP contribution in [0.3, 0.4) is 0 Å². The number of nitrogens with two attached hydrogens (primary N) is 1. The lowest BCUT2D eigenvalue weighted by molar-refractivity contribution is 0.0736. The Bertz CT molecular complexity index is 666. The Morgan fingerprint density at radius 2 is 2.00 bits per heavy atom. The molecule has 0 saturated carbocycles. The molecule has 1 aliphatic rings. The van der Waals surface area contributed by atoms with Gasteiger partial charge in [-0.15, -0.1) is 0 Å². The van der Waals surface area contributed by atoms with Crippen LogP contribution < -0.4 is 5.73 Å². The van der Waals surface area contributed by atoms with Crippen LogP contribution in [0.5, 0.6) is 0 Å². The fraction of sp³-hybridized carbons (Fsp3) is 0.316. The molecule has 3 nitrogen and oxygen atoms in total. The summed E-state index contributed by atoms with van der Waals surface area (Å²) in [7, 11) is 0. The van der Waals surface area contributed by atoms with Crippen molar-refractivity contribution in [3.05, 3.63) is 65.2 Å². The van der Waals surface area contributed by atoms with Crippen LogP contribution in [0.2, 0.25) is 0 Å². The molecule has 1 saturated heterocycles. The minimum Gasteiger partial charge on any atom is -0.399 e. The summed E-state index contributed by atoms with van der Waals surface area (Å²) < 4.78 is 0. The summed E-state index contributed by atoms with van der Waals surface area (Å²) >= 11 is 0. The summed E-state index contributed by atoms with van der Waals surface area (Å²) in [5.41, 5.74) is 9.51. The number of carbonyl (C=O) groups is 1. The van der Waals surface area contributed by atoms with E-state index in [0.29, 0.717) is 5.69 Å². The summed E-state index contributed by atoms with van der Waals surface area (Å²) in [6, 6.07) is 16.3. The third-order valence-electron chi connectivity index (χ3n) is 4.44.